The third-order valence-electron chi connectivity index (χ3n) is 3.15. The Morgan fingerprint density at radius 2 is 1.94 bits per heavy atom. The minimum atomic E-state index is 0.485. The van der Waals surface area contributed by atoms with E-state index < -0.39 is 0 Å². The number of rotatable bonds is 5. The van der Waals surface area contributed by atoms with Crippen molar-refractivity contribution in [1.29, 1.82) is 0 Å². The van der Waals surface area contributed by atoms with Crippen LogP contribution < -0.4 is 4.90 Å². The Kier molecular flexibility index (Phi) is 5.53. The molecule has 1 aromatic rings. The van der Waals surface area contributed by atoms with E-state index in [2.05, 4.69) is 35.3 Å². The molecule has 0 aliphatic heterocycles. The maximum atomic E-state index is 5.97. The molecule has 0 fully saturated rings. The Morgan fingerprint density at radius 3 is 2.47 bits per heavy atom. The topological polar surface area (TPSA) is 29.0 Å². The second-order valence-electron chi connectivity index (χ2n) is 4.19. The minimum Gasteiger partial charge on any atom is -0.354 e. The summed E-state index contributed by atoms with van der Waals surface area (Å²) in [5, 5.41) is 8.73. The predicted octanol–water partition coefficient (Wildman–Crippen LogP) is 3.32. The molecule has 0 bridgehead atoms. The zero-order valence-corrected chi connectivity index (χ0v) is 12.7. The van der Waals surface area contributed by atoms with Gasteiger partial charge in [0.05, 0.1) is 0 Å². The lowest BCUT2D eigenvalue weighted by Crippen LogP contribution is -2.34. The van der Waals surface area contributed by atoms with E-state index in [4.69, 9.17) is 11.6 Å². The highest BCUT2D eigenvalue weighted by molar-refractivity contribution is 7.98. The first-order valence-corrected chi connectivity index (χ1v) is 7.51. The van der Waals surface area contributed by atoms with Gasteiger partial charge in [0.2, 0.25) is 0 Å². The van der Waals surface area contributed by atoms with Crippen molar-refractivity contribution in [2.24, 2.45) is 0 Å². The molecule has 1 rings (SSSR count). The highest BCUT2D eigenvalue weighted by Gasteiger charge is 2.18. The molecule has 3 nitrogen and oxygen atoms in total. The smallest absolute Gasteiger partial charge is 0.155 e. The van der Waals surface area contributed by atoms with Crippen molar-refractivity contribution >= 4 is 29.2 Å². The summed E-state index contributed by atoms with van der Waals surface area (Å²) < 4.78 is 0. The van der Waals surface area contributed by atoms with E-state index in [9.17, 15) is 0 Å². The van der Waals surface area contributed by atoms with E-state index in [1.54, 1.807) is 0 Å². The lowest BCUT2D eigenvalue weighted by molar-refractivity contribution is 0.658. The number of hydrogen-bond donors (Lipinski definition) is 0. The highest BCUT2D eigenvalue weighted by atomic mass is 35.5. The van der Waals surface area contributed by atoms with Crippen molar-refractivity contribution in [3.05, 3.63) is 16.3 Å². The van der Waals surface area contributed by atoms with Crippen LogP contribution in [0.3, 0.4) is 0 Å². The van der Waals surface area contributed by atoms with Gasteiger partial charge in [-0.1, -0.05) is 18.5 Å². The van der Waals surface area contributed by atoms with E-state index >= 15 is 0 Å². The average Bonchev–Trinajstić information content (AvgIpc) is 2.32. The summed E-state index contributed by atoms with van der Waals surface area (Å²) in [6.45, 7) is 6.23. The fraction of sp³-hybridized carbons (Fsp3) is 0.667. The van der Waals surface area contributed by atoms with E-state index in [0.29, 0.717) is 11.2 Å². The van der Waals surface area contributed by atoms with Gasteiger partial charge in [-0.15, -0.1) is 10.2 Å². The van der Waals surface area contributed by atoms with Gasteiger partial charge in [0, 0.05) is 18.8 Å². The van der Waals surface area contributed by atoms with Crippen LogP contribution in [0.1, 0.15) is 24.5 Å². The standard InChI is InChI=1S/C12H20ClN3S/c1-6-10(7-17-5)16(4)12-9(3)8(2)11(13)14-15-12/h10H,6-7H2,1-5H3. The first kappa shape index (κ1) is 14.6. The van der Waals surface area contributed by atoms with E-state index in [1.807, 2.05) is 25.6 Å². The summed E-state index contributed by atoms with van der Waals surface area (Å²) in [7, 11) is 2.08. The lowest BCUT2D eigenvalue weighted by atomic mass is 10.1. The van der Waals surface area contributed by atoms with Gasteiger partial charge in [-0.3, -0.25) is 0 Å². The van der Waals surface area contributed by atoms with Crippen LogP contribution in [-0.4, -0.2) is 35.3 Å². The van der Waals surface area contributed by atoms with Gasteiger partial charge in [-0.25, -0.2) is 0 Å². The molecule has 0 aromatic carbocycles. The van der Waals surface area contributed by atoms with Gasteiger partial charge in [0.1, 0.15) is 0 Å². The Balaban J connectivity index is 3.03. The third kappa shape index (κ3) is 3.26. The largest absolute Gasteiger partial charge is 0.354 e. The average molecular weight is 274 g/mol. The fourth-order valence-corrected chi connectivity index (χ4v) is 2.79. The maximum Gasteiger partial charge on any atom is 0.155 e. The molecular weight excluding hydrogens is 254 g/mol. The van der Waals surface area contributed by atoms with Crippen LogP contribution in [0.5, 0.6) is 0 Å². The molecule has 5 heteroatoms. The van der Waals surface area contributed by atoms with Crippen LogP contribution in [0, 0.1) is 13.8 Å². The molecule has 0 spiro atoms. The fourth-order valence-electron chi connectivity index (χ4n) is 1.77. The Labute approximate surface area is 113 Å². The predicted molar refractivity (Wildman–Crippen MR) is 77.4 cm³/mol. The van der Waals surface area contributed by atoms with E-state index in [1.165, 1.54) is 0 Å². The van der Waals surface area contributed by atoms with Crippen LogP contribution in [0.15, 0.2) is 0 Å². The molecule has 0 aliphatic carbocycles. The van der Waals surface area contributed by atoms with Crippen LogP contribution in [0.4, 0.5) is 5.82 Å². The van der Waals surface area contributed by atoms with Crippen LogP contribution >= 0.6 is 23.4 Å². The van der Waals surface area contributed by atoms with Gasteiger partial charge >= 0.3 is 0 Å². The first-order chi connectivity index (χ1) is 8.02. The van der Waals surface area contributed by atoms with E-state index in [-0.39, 0.29) is 0 Å². The minimum absolute atomic E-state index is 0.485. The van der Waals surface area contributed by atoms with Gasteiger partial charge in [-0.05, 0) is 37.7 Å². The number of thioether (sulfide) groups is 1. The molecule has 0 saturated carbocycles. The highest BCUT2D eigenvalue weighted by Crippen LogP contribution is 2.25. The second-order valence-corrected chi connectivity index (χ2v) is 5.46. The number of aromatic nitrogens is 2. The molecule has 1 aromatic heterocycles. The normalized spacial score (nSPS) is 12.6. The summed E-state index contributed by atoms with van der Waals surface area (Å²) in [4.78, 5) is 2.21. The van der Waals surface area contributed by atoms with Crippen molar-refractivity contribution in [3.8, 4) is 0 Å². The van der Waals surface area contributed by atoms with Gasteiger partial charge in [0.15, 0.2) is 11.0 Å². The molecule has 96 valence electrons. The Bertz CT molecular complexity index is 384. The Hall–Kier alpha value is -0.480. The summed E-state index contributed by atoms with van der Waals surface area (Å²) >= 11 is 7.82. The molecule has 1 heterocycles. The summed E-state index contributed by atoms with van der Waals surface area (Å²) in [5.41, 5.74) is 2.13. The van der Waals surface area contributed by atoms with Crippen LogP contribution in [-0.2, 0) is 0 Å². The van der Waals surface area contributed by atoms with Crippen molar-refractivity contribution in [2.75, 3.05) is 24.0 Å². The van der Waals surface area contributed by atoms with Crippen molar-refractivity contribution in [3.63, 3.8) is 0 Å². The Morgan fingerprint density at radius 1 is 1.29 bits per heavy atom. The van der Waals surface area contributed by atoms with E-state index in [0.717, 1.165) is 29.1 Å². The monoisotopic (exact) mass is 273 g/mol. The molecule has 0 radical (unpaired) electrons. The summed E-state index contributed by atoms with van der Waals surface area (Å²) in [6.07, 6.45) is 3.22. The number of halogens is 1. The molecule has 0 saturated heterocycles. The van der Waals surface area contributed by atoms with Gasteiger partial charge in [0.25, 0.3) is 0 Å². The number of nitrogens with zero attached hydrogens (tertiary/aromatic N) is 3. The SMILES string of the molecule is CCC(CSC)N(C)c1nnc(Cl)c(C)c1C. The van der Waals surface area contributed by atoms with Crippen molar-refractivity contribution in [2.45, 2.75) is 33.2 Å². The molecular formula is C12H20ClN3S. The molecule has 0 amide bonds. The van der Waals surface area contributed by atoms with Crippen molar-refractivity contribution in [1.82, 2.24) is 10.2 Å². The quantitative estimate of drug-likeness (QED) is 0.823. The lowest BCUT2D eigenvalue weighted by Gasteiger charge is -2.29. The first-order valence-electron chi connectivity index (χ1n) is 5.74. The molecule has 17 heavy (non-hydrogen) atoms. The number of anilines is 1. The zero-order valence-electron chi connectivity index (χ0n) is 11.1. The summed E-state index contributed by atoms with van der Waals surface area (Å²) in [5.74, 6) is 2.03. The molecule has 0 N–H and O–H groups in total. The van der Waals surface area contributed by atoms with Crippen LogP contribution in [0.25, 0.3) is 0 Å². The maximum absolute atomic E-state index is 5.97. The summed E-state index contributed by atoms with van der Waals surface area (Å²) in [6, 6.07) is 0.485. The van der Waals surface area contributed by atoms with Gasteiger partial charge in [-0.2, -0.15) is 11.8 Å². The molecule has 1 atom stereocenters. The van der Waals surface area contributed by atoms with Gasteiger partial charge < -0.3 is 4.90 Å². The van der Waals surface area contributed by atoms with Crippen molar-refractivity contribution < 1.29 is 0 Å². The molecule has 0 aliphatic rings. The zero-order chi connectivity index (χ0) is 13.0. The second kappa shape index (κ2) is 6.45. The number of hydrogen-bond acceptors (Lipinski definition) is 4. The molecule has 1 unspecified atom stereocenters. The van der Waals surface area contributed by atoms with Crippen LogP contribution in [0.2, 0.25) is 5.15 Å². The third-order valence-corrected chi connectivity index (χ3v) is 4.23.